The molecule has 0 heterocycles. The van der Waals surface area contributed by atoms with Gasteiger partial charge in [0.1, 0.15) is 0 Å². The van der Waals surface area contributed by atoms with Crippen molar-refractivity contribution in [2.45, 2.75) is 38.1 Å². The molecule has 0 bridgehead atoms. The Hall–Kier alpha value is -1.17. The molecule has 1 aromatic rings. The van der Waals surface area contributed by atoms with Gasteiger partial charge in [0.2, 0.25) is 5.82 Å². The van der Waals surface area contributed by atoms with Crippen LogP contribution in [0, 0.1) is 35.0 Å². The number of benzene rings is 1. The summed E-state index contributed by atoms with van der Waals surface area (Å²) >= 11 is 0. The predicted octanol–water partition coefficient (Wildman–Crippen LogP) is 3.96. The van der Waals surface area contributed by atoms with Gasteiger partial charge in [0, 0.05) is 11.6 Å². The lowest BCUT2D eigenvalue weighted by Gasteiger charge is -2.28. The molecule has 1 aliphatic rings. The smallest absolute Gasteiger partial charge is 0.200 e. The van der Waals surface area contributed by atoms with Gasteiger partial charge in [0.25, 0.3) is 0 Å². The minimum absolute atomic E-state index is 0.248. The van der Waals surface area contributed by atoms with Crippen LogP contribution in [0.25, 0.3) is 0 Å². The fraction of sp³-hybridized carbons (Fsp3) is 0.538. The molecule has 1 aromatic carbocycles. The summed E-state index contributed by atoms with van der Waals surface area (Å²) in [7, 11) is 0. The van der Waals surface area contributed by atoms with Crippen LogP contribution in [0.4, 0.5) is 22.0 Å². The zero-order chi connectivity index (χ0) is 14.2. The van der Waals surface area contributed by atoms with E-state index in [0.717, 1.165) is 19.3 Å². The van der Waals surface area contributed by atoms with Crippen molar-refractivity contribution in [2.24, 2.45) is 11.7 Å². The Labute approximate surface area is 107 Å². The summed E-state index contributed by atoms with van der Waals surface area (Å²) in [5, 5.41) is 0. The zero-order valence-electron chi connectivity index (χ0n) is 10.2. The first-order valence-electron chi connectivity index (χ1n) is 6.22. The van der Waals surface area contributed by atoms with E-state index in [0.29, 0.717) is 12.8 Å². The molecule has 1 saturated carbocycles. The molecule has 0 spiro atoms. The molecule has 2 N–H and O–H groups in total. The van der Waals surface area contributed by atoms with Crippen LogP contribution < -0.4 is 5.73 Å². The molecule has 106 valence electrons. The average molecular weight is 279 g/mol. The Morgan fingerprint density at radius 3 is 1.63 bits per heavy atom. The fourth-order valence-corrected chi connectivity index (χ4v) is 2.64. The molecule has 6 heteroatoms. The van der Waals surface area contributed by atoms with E-state index in [1.807, 2.05) is 0 Å². The summed E-state index contributed by atoms with van der Waals surface area (Å²) in [5.74, 6) is -9.87. The van der Waals surface area contributed by atoms with Crippen LogP contribution in [0.15, 0.2) is 0 Å². The average Bonchev–Trinajstić information content (AvgIpc) is 2.44. The van der Waals surface area contributed by atoms with E-state index in [-0.39, 0.29) is 5.92 Å². The molecule has 0 aliphatic heterocycles. The number of nitrogens with two attached hydrogens (primary N) is 1. The third-order valence-corrected chi connectivity index (χ3v) is 3.73. The van der Waals surface area contributed by atoms with E-state index in [1.54, 1.807) is 0 Å². The Morgan fingerprint density at radius 2 is 1.16 bits per heavy atom. The first-order valence-corrected chi connectivity index (χ1v) is 6.22. The summed E-state index contributed by atoms with van der Waals surface area (Å²) in [6, 6.07) is -1.16. The van der Waals surface area contributed by atoms with E-state index in [9.17, 15) is 22.0 Å². The lowest BCUT2D eigenvalue weighted by atomic mass is 9.81. The van der Waals surface area contributed by atoms with Crippen LogP contribution in [-0.2, 0) is 0 Å². The monoisotopic (exact) mass is 279 g/mol. The summed E-state index contributed by atoms with van der Waals surface area (Å²) in [5.41, 5.74) is 4.84. The van der Waals surface area contributed by atoms with Gasteiger partial charge in [-0.2, -0.15) is 0 Å². The van der Waals surface area contributed by atoms with Gasteiger partial charge >= 0.3 is 0 Å². The minimum Gasteiger partial charge on any atom is -0.324 e. The van der Waals surface area contributed by atoms with Gasteiger partial charge in [-0.15, -0.1) is 0 Å². The van der Waals surface area contributed by atoms with Crippen LogP contribution in [0.1, 0.15) is 43.7 Å². The molecule has 0 aromatic heterocycles. The highest BCUT2D eigenvalue weighted by Gasteiger charge is 2.32. The lowest BCUT2D eigenvalue weighted by Crippen LogP contribution is -2.27. The minimum atomic E-state index is -2.14. The van der Waals surface area contributed by atoms with Crippen LogP contribution in [0.2, 0.25) is 0 Å². The largest absolute Gasteiger partial charge is 0.324 e. The van der Waals surface area contributed by atoms with E-state index < -0.39 is 40.7 Å². The molecule has 19 heavy (non-hydrogen) atoms. The predicted molar refractivity (Wildman–Crippen MR) is 59.7 cm³/mol. The number of hydrogen-bond acceptors (Lipinski definition) is 1. The molecule has 0 saturated heterocycles. The molecular weight excluding hydrogens is 265 g/mol. The summed E-state index contributed by atoms with van der Waals surface area (Å²) in [6.07, 6.45) is 3.99. The molecule has 2 rings (SSSR count). The van der Waals surface area contributed by atoms with E-state index in [4.69, 9.17) is 5.73 Å². The maximum Gasteiger partial charge on any atom is 0.200 e. The Bertz CT molecular complexity index is 453. The van der Waals surface area contributed by atoms with E-state index >= 15 is 0 Å². The topological polar surface area (TPSA) is 26.0 Å². The highest BCUT2D eigenvalue weighted by molar-refractivity contribution is 5.27. The molecule has 1 fully saturated rings. The van der Waals surface area contributed by atoms with Gasteiger partial charge in [-0.1, -0.05) is 19.3 Å². The molecule has 1 aliphatic carbocycles. The van der Waals surface area contributed by atoms with Crippen molar-refractivity contribution < 1.29 is 22.0 Å². The summed E-state index contributed by atoms with van der Waals surface area (Å²) < 4.78 is 66.4. The van der Waals surface area contributed by atoms with Crippen LogP contribution in [0.5, 0.6) is 0 Å². The van der Waals surface area contributed by atoms with Crippen molar-refractivity contribution in [3.05, 3.63) is 34.6 Å². The Morgan fingerprint density at radius 1 is 0.737 bits per heavy atom. The standard InChI is InChI=1S/C13H14F5N/c14-8-7(9(15)11(17)12(18)10(8)16)13(19)6-4-2-1-3-5-6/h6,13H,1-5,19H2/t13-/m0/s1. The highest BCUT2D eigenvalue weighted by Crippen LogP contribution is 2.36. The van der Waals surface area contributed by atoms with Crippen molar-refractivity contribution in [1.82, 2.24) is 0 Å². The molecule has 1 atom stereocenters. The number of halogens is 5. The van der Waals surface area contributed by atoms with Crippen molar-refractivity contribution >= 4 is 0 Å². The lowest BCUT2D eigenvalue weighted by molar-refractivity contribution is 0.287. The van der Waals surface area contributed by atoms with Gasteiger partial charge in [-0.3, -0.25) is 0 Å². The van der Waals surface area contributed by atoms with Gasteiger partial charge in [0.05, 0.1) is 0 Å². The SMILES string of the molecule is N[C@H](c1c(F)c(F)c(F)c(F)c1F)C1CCCCC1. The second-order valence-corrected chi connectivity index (χ2v) is 4.91. The van der Waals surface area contributed by atoms with Crippen molar-refractivity contribution in [3.8, 4) is 0 Å². The quantitative estimate of drug-likeness (QED) is 0.495. The molecule has 0 amide bonds. The maximum absolute atomic E-state index is 13.6. The molecule has 0 unspecified atom stereocenters. The number of rotatable bonds is 2. The third-order valence-electron chi connectivity index (χ3n) is 3.73. The van der Waals surface area contributed by atoms with Gasteiger partial charge in [-0.25, -0.2) is 22.0 Å². The van der Waals surface area contributed by atoms with E-state index in [2.05, 4.69) is 0 Å². The Kier molecular flexibility index (Phi) is 4.08. The summed E-state index contributed by atoms with van der Waals surface area (Å²) in [4.78, 5) is 0. The second-order valence-electron chi connectivity index (χ2n) is 4.91. The molecule has 1 nitrogen and oxygen atoms in total. The van der Waals surface area contributed by atoms with Gasteiger partial charge in [-0.05, 0) is 18.8 Å². The molecular formula is C13H14F5N. The second kappa shape index (κ2) is 5.45. The fourth-order valence-electron chi connectivity index (χ4n) is 2.64. The highest BCUT2D eigenvalue weighted by atomic mass is 19.2. The Balaban J connectivity index is 2.43. The van der Waals surface area contributed by atoms with Gasteiger partial charge < -0.3 is 5.73 Å². The van der Waals surface area contributed by atoms with Crippen LogP contribution >= 0.6 is 0 Å². The number of hydrogen-bond donors (Lipinski definition) is 1. The first-order chi connectivity index (χ1) is 8.95. The third kappa shape index (κ3) is 2.45. The van der Waals surface area contributed by atoms with E-state index in [1.165, 1.54) is 0 Å². The molecule has 0 radical (unpaired) electrons. The van der Waals surface area contributed by atoms with Crippen molar-refractivity contribution in [3.63, 3.8) is 0 Å². The van der Waals surface area contributed by atoms with Crippen molar-refractivity contribution in [1.29, 1.82) is 0 Å². The summed E-state index contributed by atoms with van der Waals surface area (Å²) in [6.45, 7) is 0. The maximum atomic E-state index is 13.6. The zero-order valence-corrected chi connectivity index (χ0v) is 10.2. The normalized spacial score (nSPS) is 18.6. The first kappa shape index (κ1) is 14.2. The van der Waals surface area contributed by atoms with Crippen LogP contribution in [-0.4, -0.2) is 0 Å². The van der Waals surface area contributed by atoms with Gasteiger partial charge in [0.15, 0.2) is 23.3 Å². The van der Waals surface area contributed by atoms with Crippen LogP contribution in [0.3, 0.4) is 0 Å². The van der Waals surface area contributed by atoms with Crippen molar-refractivity contribution in [2.75, 3.05) is 0 Å².